The van der Waals surface area contributed by atoms with Crippen LogP contribution in [0.25, 0.3) is 0 Å². The number of nitrogen functional groups attached to an aromatic ring is 1. The molecule has 2 aromatic rings. The number of hydrogen-bond acceptors (Lipinski definition) is 4. The molecular weight excluding hydrogens is 254 g/mol. The van der Waals surface area contributed by atoms with Crippen LogP contribution in [0.5, 0.6) is 0 Å². The van der Waals surface area contributed by atoms with Gasteiger partial charge in [0, 0.05) is 18.4 Å². The number of hydrogen-bond donors (Lipinski definition) is 2. The van der Waals surface area contributed by atoms with Gasteiger partial charge in [0.25, 0.3) is 0 Å². The third-order valence-electron chi connectivity index (χ3n) is 3.57. The molecule has 0 unspecified atom stereocenters. The van der Waals surface area contributed by atoms with Gasteiger partial charge in [0.2, 0.25) is 0 Å². The molecule has 0 fully saturated rings. The second-order valence-electron chi connectivity index (χ2n) is 4.78. The number of aromatic carboxylic acids is 1. The summed E-state index contributed by atoms with van der Waals surface area (Å²) in [7, 11) is 0. The number of aromatic nitrogens is 1. The second kappa shape index (κ2) is 4.85. The number of carboxylic acids is 1. The average Bonchev–Trinajstić information content (AvgIpc) is 2.47. The Morgan fingerprint density at radius 1 is 1.30 bits per heavy atom. The molecule has 0 bridgehead atoms. The van der Waals surface area contributed by atoms with E-state index in [2.05, 4.69) is 11.1 Å². The van der Waals surface area contributed by atoms with E-state index in [0.29, 0.717) is 5.82 Å². The number of aryl methyl sites for hydroxylation is 1. The van der Waals surface area contributed by atoms with Gasteiger partial charge in [-0.2, -0.15) is 0 Å². The van der Waals surface area contributed by atoms with Gasteiger partial charge in [0.15, 0.2) is 5.82 Å². The summed E-state index contributed by atoms with van der Waals surface area (Å²) in [5.74, 6) is -0.506. The Morgan fingerprint density at radius 2 is 2.10 bits per heavy atom. The Bertz CT molecular complexity index is 670. The molecule has 0 aliphatic carbocycles. The predicted molar refractivity (Wildman–Crippen MR) is 77.4 cm³/mol. The van der Waals surface area contributed by atoms with Crippen LogP contribution in [0.2, 0.25) is 0 Å². The van der Waals surface area contributed by atoms with Gasteiger partial charge in [0.1, 0.15) is 0 Å². The number of pyridine rings is 1. The van der Waals surface area contributed by atoms with Crippen LogP contribution in [0.1, 0.15) is 22.3 Å². The molecule has 0 saturated carbocycles. The topological polar surface area (TPSA) is 79.5 Å². The van der Waals surface area contributed by atoms with Gasteiger partial charge in [-0.3, -0.25) is 0 Å². The molecule has 3 rings (SSSR count). The molecule has 20 heavy (non-hydrogen) atoms. The maximum atomic E-state index is 11.2. The Balaban J connectivity index is 2.11. The molecule has 0 atom stereocenters. The van der Waals surface area contributed by atoms with Crippen LogP contribution < -0.4 is 10.6 Å². The number of anilines is 3. The van der Waals surface area contributed by atoms with E-state index in [1.54, 1.807) is 0 Å². The minimum Gasteiger partial charge on any atom is -0.478 e. The number of nitrogens with two attached hydrogens (primary N) is 1. The van der Waals surface area contributed by atoms with E-state index in [-0.39, 0.29) is 11.3 Å². The Labute approximate surface area is 116 Å². The SMILES string of the molecule is Nc1c(C(=O)O)ccnc1N1CCCc2ccccc21. The molecule has 0 saturated heterocycles. The Morgan fingerprint density at radius 3 is 2.90 bits per heavy atom. The van der Waals surface area contributed by atoms with E-state index in [1.165, 1.54) is 17.8 Å². The fourth-order valence-corrected chi connectivity index (χ4v) is 2.62. The van der Waals surface area contributed by atoms with Gasteiger partial charge >= 0.3 is 5.97 Å². The van der Waals surface area contributed by atoms with Crippen molar-refractivity contribution in [3.05, 3.63) is 47.7 Å². The Kier molecular flexibility index (Phi) is 3.02. The lowest BCUT2D eigenvalue weighted by atomic mass is 10.0. The van der Waals surface area contributed by atoms with Crippen molar-refractivity contribution in [3.63, 3.8) is 0 Å². The van der Waals surface area contributed by atoms with Crippen LogP contribution in [0.15, 0.2) is 36.5 Å². The molecule has 2 heterocycles. The number of carbonyl (C=O) groups is 1. The highest BCUT2D eigenvalue weighted by atomic mass is 16.4. The lowest BCUT2D eigenvalue weighted by Gasteiger charge is -2.31. The molecule has 1 aliphatic rings. The molecule has 0 amide bonds. The number of para-hydroxylation sites is 1. The van der Waals surface area contributed by atoms with Crippen LogP contribution >= 0.6 is 0 Å². The molecular formula is C15H15N3O2. The lowest BCUT2D eigenvalue weighted by Crippen LogP contribution is -2.26. The molecule has 5 heteroatoms. The highest BCUT2D eigenvalue weighted by Gasteiger charge is 2.22. The highest BCUT2D eigenvalue weighted by molar-refractivity contribution is 5.97. The maximum absolute atomic E-state index is 11.2. The predicted octanol–water partition coefficient (Wildman–Crippen LogP) is 2.45. The van der Waals surface area contributed by atoms with Gasteiger partial charge in [-0.25, -0.2) is 9.78 Å². The summed E-state index contributed by atoms with van der Waals surface area (Å²) in [6.45, 7) is 0.789. The first kappa shape index (κ1) is 12.5. The lowest BCUT2D eigenvalue weighted by molar-refractivity contribution is 0.0698. The fraction of sp³-hybridized carbons (Fsp3) is 0.200. The van der Waals surface area contributed by atoms with E-state index < -0.39 is 5.97 Å². The Hall–Kier alpha value is -2.56. The second-order valence-corrected chi connectivity index (χ2v) is 4.78. The van der Waals surface area contributed by atoms with E-state index in [4.69, 9.17) is 10.8 Å². The van der Waals surface area contributed by atoms with Crippen LogP contribution in [0, 0.1) is 0 Å². The van der Waals surface area contributed by atoms with Crippen molar-refractivity contribution in [3.8, 4) is 0 Å². The van der Waals surface area contributed by atoms with Gasteiger partial charge in [-0.1, -0.05) is 18.2 Å². The van der Waals surface area contributed by atoms with Gasteiger partial charge < -0.3 is 15.7 Å². The largest absolute Gasteiger partial charge is 0.478 e. The van der Waals surface area contributed by atoms with E-state index in [1.807, 2.05) is 23.1 Å². The summed E-state index contributed by atoms with van der Waals surface area (Å²) in [4.78, 5) is 17.5. The third-order valence-corrected chi connectivity index (χ3v) is 3.57. The third kappa shape index (κ3) is 1.97. The van der Waals surface area contributed by atoms with Gasteiger partial charge in [-0.15, -0.1) is 0 Å². The molecule has 1 aromatic heterocycles. The van der Waals surface area contributed by atoms with Crippen molar-refractivity contribution >= 4 is 23.2 Å². The summed E-state index contributed by atoms with van der Waals surface area (Å²) in [6, 6.07) is 9.50. The van der Waals surface area contributed by atoms with Crippen molar-refractivity contribution in [2.45, 2.75) is 12.8 Å². The van der Waals surface area contributed by atoms with Gasteiger partial charge in [-0.05, 0) is 30.5 Å². The fourth-order valence-electron chi connectivity index (χ4n) is 2.62. The number of rotatable bonds is 2. The van der Waals surface area contributed by atoms with Crippen LogP contribution in [0.3, 0.4) is 0 Å². The summed E-state index contributed by atoms with van der Waals surface area (Å²) >= 11 is 0. The van der Waals surface area contributed by atoms with E-state index in [0.717, 1.165) is 25.1 Å². The molecule has 0 spiro atoms. The first-order valence-electron chi connectivity index (χ1n) is 6.51. The van der Waals surface area contributed by atoms with Crippen LogP contribution in [0.4, 0.5) is 17.2 Å². The average molecular weight is 269 g/mol. The molecule has 3 N–H and O–H groups in total. The minimum atomic E-state index is -1.03. The zero-order valence-corrected chi connectivity index (χ0v) is 10.9. The zero-order valence-electron chi connectivity index (χ0n) is 10.9. The quantitative estimate of drug-likeness (QED) is 0.875. The van der Waals surface area contributed by atoms with Crippen LogP contribution in [-0.2, 0) is 6.42 Å². The van der Waals surface area contributed by atoms with Crippen molar-refractivity contribution in [1.29, 1.82) is 0 Å². The zero-order chi connectivity index (χ0) is 14.1. The molecule has 102 valence electrons. The highest BCUT2D eigenvalue weighted by Crippen LogP contribution is 2.35. The van der Waals surface area contributed by atoms with Crippen molar-refractivity contribution < 1.29 is 9.90 Å². The standard InChI is InChI=1S/C15H15N3O2/c16-13-11(15(19)20)7-8-17-14(13)18-9-3-5-10-4-1-2-6-12(10)18/h1-2,4,6-8H,3,5,9,16H2,(H,19,20). The summed E-state index contributed by atoms with van der Waals surface area (Å²) < 4.78 is 0. The molecule has 1 aliphatic heterocycles. The minimum absolute atomic E-state index is 0.0954. The van der Waals surface area contributed by atoms with Crippen LogP contribution in [-0.4, -0.2) is 22.6 Å². The van der Waals surface area contributed by atoms with Crippen molar-refractivity contribution in [2.75, 3.05) is 17.2 Å². The van der Waals surface area contributed by atoms with Gasteiger partial charge in [0.05, 0.1) is 11.3 Å². The molecule has 1 aromatic carbocycles. The number of nitrogens with zero attached hydrogens (tertiary/aromatic N) is 2. The van der Waals surface area contributed by atoms with Crippen molar-refractivity contribution in [2.24, 2.45) is 0 Å². The van der Waals surface area contributed by atoms with E-state index in [9.17, 15) is 4.79 Å². The molecule has 5 nitrogen and oxygen atoms in total. The normalized spacial score (nSPS) is 13.9. The summed E-state index contributed by atoms with van der Waals surface area (Å²) in [6.07, 6.45) is 3.51. The summed E-state index contributed by atoms with van der Waals surface area (Å²) in [5, 5.41) is 9.16. The number of fused-ring (bicyclic) bond motifs is 1. The first-order chi connectivity index (χ1) is 9.68. The van der Waals surface area contributed by atoms with E-state index >= 15 is 0 Å². The number of benzene rings is 1. The summed E-state index contributed by atoms with van der Waals surface area (Å²) in [5.41, 5.74) is 8.59. The smallest absolute Gasteiger partial charge is 0.337 e. The number of carboxylic acid groups (broad SMARTS) is 1. The maximum Gasteiger partial charge on any atom is 0.337 e. The molecule has 0 radical (unpaired) electrons. The monoisotopic (exact) mass is 269 g/mol. The van der Waals surface area contributed by atoms with Crippen molar-refractivity contribution in [1.82, 2.24) is 4.98 Å². The first-order valence-corrected chi connectivity index (χ1v) is 6.51.